The largest absolute Gasteiger partial charge is 0.332 e. The number of hydrogen-bond acceptors (Lipinski definition) is 3. The Bertz CT molecular complexity index is 445. The number of hydrogen-bond donors (Lipinski definition) is 0. The van der Waals surface area contributed by atoms with Crippen LogP contribution in [0.5, 0.6) is 0 Å². The number of thiophene rings is 1. The lowest BCUT2D eigenvalue weighted by molar-refractivity contribution is -0.139. The van der Waals surface area contributed by atoms with E-state index in [1.165, 1.54) is 11.3 Å². The molecular weight excluding hydrogens is 246 g/mol. The van der Waals surface area contributed by atoms with Gasteiger partial charge in [-0.15, -0.1) is 11.3 Å². The van der Waals surface area contributed by atoms with Gasteiger partial charge in [-0.05, 0) is 24.3 Å². The summed E-state index contributed by atoms with van der Waals surface area (Å²) >= 11 is 1.45. The lowest BCUT2D eigenvalue weighted by Crippen LogP contribution is -2.45. The minimum atomic E-state index is -0.418. The molecule has 1 unspecified atom stereocenters. The molecule has 0 N–H and O–H groups in total. The smallest absolute Gasteiger partial charge is 0.228 e. The van der Waals surface area contributed by atoms with E-state index >= 15 is 0 Å². The van der Waals surface area contributed by atoms with Crippen molar-refractivity contribution < 1.29 is 9.59 Å². The first-order chi connectivity index (χ1) is 8.41. The lowest BCUT2D eigenvalue weighted by atomic mass is 9.94. The van der Waals surface area contributed by atoms with Crippen LogP contribution in [0.25, 0.3) is 0 Å². The maximum absolute atomic E-state index is 12.4. The monoisotopic (exact) mass is 265 g/mol. The molecule has 1 aromatic heterocycles. The highest BCUT2D eigenvalue weighted by Crippen LogP contribution is 2.28. The van der Waals surface area contributed by atoms with Crippen LogP contribution in [0.1, 0.15) is 43.3 Å². The molecule has 98 valence electrons. The van der Waals surface area contributed by atoms with E-state index in [4.69, 9.17) is 0 Å². The molecule has 0 saturated carbocycles. The van der Waals surface area contributed by atoms with Gasteiger partial charge in [0.25, 0.3) is 0 Å². The molecule has 1 atom stereocenters. The Morgan fingerprint density at radius 3 is 2.67 bits per heavy atom. The van der Waals surface area contributed by atoms with Crippen LogP contribution in [0.2, 0.25) is 0 Å². The Labute approximate surface area is 112 Å². The number of carbonyl (C=O) groups is 2. The number of nitrogens with zero attached hydrogens (tertiary/aromatic N) is 1. The van der Waals surface area contributed by atoms with E-state index in [0.29, 0.717) is 6.54 Å². The molecule has 1 saturated heterocycles. The van der Waals surface area contributed by atoms with Crippen molar-refractivity contribution >= 4 is 23.0 Å². The Hall–Kier alpha value is -1.16. The zero-order valence-corrected chi connectivity index (χ0v) is 11.9. The van der Waals surface area contributed by atoms with Crippen molar-refractivity contribution in [3.05, 3.63) is 22.4 Å². The number of ketones is 1. The lowest BCUT2D eigenvalue weighted by Gasteiger charge is -2.30. The van der Waals surface area contributed by atoms with Gasteiger partial charge < -0.3 is 4.90 Å². The first-order valence-electron chi connectivity index (χ1n) is 6.30. The number of likely N-dealkylation sites (tertiary alicyclic amines) is 1. The molecule has 0 aliphatic carbocycles. The van der Waals surface area contributed by atoms with Crippen molar-refractivity contribution in [2.24, 2.45) is 5.41 Å². The highest BCUT2D eigenvalue weighted by Gasteiger charge is 2.38. The molecule has 0 radical (unpaired) electrons. The average molecular weight is 265 g/mol. The summed E-state index contributed by atoms with van der Waals surface area (Å²) in [4.78, 5) is 27.2. The molecule has 3 nitrogen and oxygen atoms in total. The second kappa shape index (κ2) is 4.84. The van der Waals surface area contributed by atoms with Crippen molar-refractivity contribution in [3.63, 3.8) is 0 Å². The molecule has 1 aromatic rings. The molecule has 4 heteroatoms. The number of amides is 1. The van der Waals surface area contributed by atoms with Gasteiger partial charge in [0, 0.05) is 12.0 Å². The van der Waals surface area contributed by atoms with Crippen molar-refractivity contribution in [3.8, 4) is 0 Å². The predicted molar refractivity (Wildman–Crippen MR) is 72.8 cm³/mol. The van der Waals surface area contributed by atoms with Crippen LogP contribution < -0.4 is 0 Å². The molecule has 1 aliphatic rings. The maximum Gasteiger partial charge on any atom is 0.228 e. The first-order valence-corrected chi connectivity index (χ1v) is 7.18. The summed E-state index contributed by atoms with van der Waals surface area (Å²) < 4.78 is 0. The van der Waals surface area contributed by atoms with Crippen LogP contribution in [0.4, 0.5) is 0 Å². The third-order valence-corrected chi connectivity index (χ3v) is 4.11. The number of Topliss-reactive ketones (excluding diaryl/α,β-unsaturated/α-hetero) is 1. The van der Waals surface area contributed by atoms with Crippen LogP contribution in [-0.2, 0) is 4.79 Å². The number of rotatable bonds is 2. The van der Waals surface area contributed by atoms with Crippen LogP contribution in [0, 0.1) is 5.41 Å². The molecule has 1 fully saturated rings. The Morgan fingerprint density at radius 1 is 1.39 bits per heavy atom. The summed E-state index contributed by atoms with van der Waals surface area (Å²) in [5, 5.41) is 1.90. The van der Waals surface area contributed by atoms with Gasteiger partial charge in [0.2, 0.25) is 5.91 Å². The molecule has 2 rings (SSSR count). The Kier molecular flexibility index (Phi) is 3.57. The number of carbonyl (C=O) groups excluding carboxylic acids is 2. The SMILES string of the molecule is CC(C)(C)C(=O)N1CCCC1C(=O)c1cccs1. The summed E-state index contributed by atoms with van der Waals surface area (Å²) in [6, 6.07) is 3.46. The Morgan fingerprint density at radius 2 is 2.11 bits per heavy atom. The summed E-state index contributed by atoms with van der Waals surface area (Å²) in [6.45, 7) is 6.42. The average Bonchev–Trinajstić information content (AvgIpc) is 2.97. The van der Waals surface area contributed by atoms with Gasteiger partial charge in [-0.2, -0.15) is 0 Å². The quantitative estimate of drug-likeness (QED) is 0.771. The molecule has 0 spiro atoms. The highest BCUT2D eigenvalue weighted by atomic mass is 32.1. The van der Waals surface area contributed by atoms with Crippen molar-refractivity contribution in [1.82, 2.24) is 4.90 Å². The van der Waals surface area contributed by atoms with Gasteiger partial charge in [-0.1, -0.05) is 26.8 Å². The van der Waals surface area contributed by atoms with Crippen LogP contribution in [0.15, 0.2) is 17.5 Å². The molecule has 0 bridgehead atoms. The normalized spacial score (nSPS) is 20.2. The fourth-order valence-corrected chi connectivity index (χ4v) is 3.01. The summed E-state index contributed by atoms with van der Waals surface area (Å²) in [5.74, 6) is 0.176. The van der Waals surface area contributed by atoms with E-state index < -0.39 is 5.41 Å². The van der Waals surface area contributed by atoms with Gasteiger partial charge in [-0.3, -0.25) is 9.59 Å². The Balaban J connectivity index is 2.18. The zero-order chi connectivity index (χ0) is 13.3. The molecule has 18 heavy (non-hydrogen) atoms. The zero-order valence-electron chi connectivity index (χ0n) is 11.1. The second-order valence-corrected chi connectivity index (χ2v) is 6.70. The van der Waals surface area contributed by atoms with E-state index in [1.807, 2.05) is 38.3 Å². The molecule has 2 heterocycles. The first kappa shape index (κ1) is 13.3. The van der Waals surface area contributed by atoms with E-state index in [-0.39, 0.29) is 17.7 Å². The van der Waals surface area contributed by atoms with Crippen molar-refractivity contribution in [1.29, 1.82) is 0 Å². The van der Waals surface area contributed by atoms with Gasteiger partial charge in [0.15, 0.2) is 5.78 Å². The van der Waals surface area contributed by atoms with Gasteiger partial charge in [-0.25, -0.2) is 0 Å². The second-order valence-electron chi connectivity index (χ2n) is 5.75. The fourth-order valence-electron chi connectivity index (χ4n) is 2.30. The van der Waals surface area contributed by atoms with Gasteiger partial charge >= 0.3 is 0 Å². The molecular formula is C14H19NO2S. The minimum Gasteiger partial charge on any atom is -0.332 e. The standard InChI is InChI=1S/C14H19NO2S/c1-14(2,3)13(17)15-8-4-6-10(15)12(16)11-7-5-9-18-11/h5,7,9-10H,4,6,8H2,1-3H3. The third kappa shape index (κ3) is 2.48. The van der Waals surface area contributed by atoms with E-state index in [0.717, 1.165) is 17.7 Å². The van der Waals surface area contributed by atoms with Gasteiger partial charge in [0.05, 0.1) is 10.9 Å². The van der Waals surface area contributed by atoms with E-state index in [2.05, 4.69) is 0 Å². The predicted octanol–water partition coefficient (Wildman–Crippen LogP) is 2.97. The summed E-state index contributed by atoms with van der Waals surface area (Å²) in [6.07, 6.45) is 1.71. The molecule has 1 aliphatic heterocycles. The fraction of sp³-hybridized carbons (Fsp3) is 0.571. The van der Waals surface area contributed by atoms with Crippen LogP contribution >= 0.6 is 11.3 Å². The molecule has 1 amide bonds. The van der Waals surface area contributed by atoms with Crippen molar-refractivity contribution in [2.45, 2.75) is 39.7 Å². The van der Waals surface area contributed by atoms with E-state index in [9.17, 15) is 9.59 Å². The maximum atomic E-state index is 12.4. The third-order valence-electron chi connectivity index (χ3n) is 3.22. The molecule has 0 aromatic carbocycles. The van der Waals surface area contributed by atoms with Gasteiger partial charge in [0.1, 0.15) is 0 Å². The summed E-state index contributed by atoms with van der Waals surface area (Å²) in [5.41, 5.74) is -0.418. The van der Waals surface area contributed by atoms with Crippen LogP contribution in [-0.4, -0.2) is 29.2 Å². The topological polar surface area (TPSA) is 37.4 Å². The van der Waals surface area contributed by atoms with Crippen molar-refractivity contribution in [2.75, 3.05) is 6.54 Å². The minimum absolute atomic E-state index is 0.0786. The summed E-state index contributed by atoms with van der Waals surface area (Å²) in [7, 11) is 0. The van der Waals surface area contributed by atoms with E-state index in [1.54, 1.807) is 4.90 Å². The highest BCUT2D eigenvalue weighted by molar-refractivity contribution is 7.12. The van der Waals surface area contributed by atoms with Crippen LogP contribution in [0.3, 0.4) is 0 Å².